The summed E-state index contributed by atoms with van der Waals surface area (Å²) >= 11 is 0. The first kappa shape index (κ1) is 11.1. The largest absolute Gasteiger partial charge is 0.301 e. The Labute approximate surface area is 83.2 Å². The molecule has 80 valence electrons. The van der Waals surface area contributed by atoms with Crippen LogP contribution >= 0.6 is 0 Å². The standard InChI is InChI=1S/C7H14N4O2S/c1-3-5-6-9-10-7(11(6)4-2)14(8,12)13/h3-5H2,1-2H3,(H2,8,12,13). The summed E-state index contributed by atoms with van der Waals surface area (Å²) < 4.78 is 23.7. The Morgan fingerprint density at radius 2 is 2.00 bits per heavy atom. The smallest absolute Gasteiger partial charge is 0.273 e. The van der Waals surface area contributed by atoms with Crippen LogP contribution in [0.4, 0.5) is 0 Å². The molecule has 0 aromatic carbocycles. The van der Waals surface area contributed by atoms with Gasteiger partial charge in [0.05, 0.1) is 0 Å². The minimum atomic E-state index is -3.75. The Morgan fingerprint density at radius 1 is 1.36 bits per heavy atom. The second-order valence-corrected chi connectivity index (χ2v) is 4.39. The molecule has 1 aromatic heterocycles. The molecular weight excluding hydrogens is 204 g/mol. The van der Waals surface area contributed by atoms with E-state index in [1.54, 1.807) is 0 Å². The zero-order valence-corrected chi connectivity index (χ0v) is 9.08. The molecule has 0 aliphatic rings. The summed E-state index contributed by atoms with van der Waals surface area (Å²) in [7, 11) is -3.75. The minimum absolute atomic E-state index is 0.150. The third kappa shape index (κ3) is 2.10. The SMILES string of the molecule is CCCc1nnc(S(N)(=O)=O)n1CC. The van der Waals surface area contributed by atoms with Crippen molar-refractivity contribution in [1.29, 1.82) is 0 Å². The second kappa shape index (κ2) is 4.05. The molecule has 1 aromatic rings. The van der Waals surface area contributed by atoms with Gasteiger partial charge >= 0.3 is 0 Å². The van der Waals surface area contributed by atoms with Gasteiger partial charge in [-0.25, -0.2) is 13.6 Å². The topological polar surface area (TPSA) is 90.9 Å². The lowest BCUT2D eigenvalue weighted by atomic mass is 10.3. The number of aromatic nitrogens is 3. The molecule has 0 saturated heterocycles. The van der Waals surface area contributed by atoms with E-state index in [2.05, 4.69) is 10.2 Å². The molecule has 14 heavy (non-hydrogen) atoms. The highest BCUT2D eigenvalue weighted by Gasteiger charge is 2.19. The van der Waals surface area contributed by atoms with Gasteiger partial charge in [0, 0.05) is 13.0 Å². The molecule has 0 fully saturated rings. The molecule has 0 amide bonds. The molecule has 0 saturated carbocycles. The summed E-state index contributed by atoms with van der Waals surface area (Å²) in [5, 5.41) is 12.2. The van der Waals surface area contributed by atoms with Crippen LogP contribution in [0, 0.1) is 0 Å². The zero-order chi connectivity index (χ0) is 10.8. The average Bonchev–Trinajstić information content (AvgIpc) is 2.47. The van der Waals surface area contributed by atoms with E-state index in [-0.39, 0.29) is 5.16 Å². The Balaban J connectivity index is 3.21. The van der Waals surface area contributed by atoms with Crippen LogP contribution in [0.1, 0.15) is 26.1 Å². The van der Waals surface area contributed by atoms with Gasteiger partial charge in [0.25, 0.3) is 15.2 Å². The lowest BCUT2D eigenvalue weighted by Gasteiger charge is -2.04. The van der Waals surface area contributed by atoms with Crippen LogP contribution < -0.4 is 5.14 Å². The fraction of sp³-hybridized carbons (Fsp3) is 0.714. The Morgan fingerprint density at radius 3 is 2.43 bits per heavy atom. The zero-order valence-electron chi connectivity index (χ0n) is 8.27. The number of nitrogens with two attached hydrogens (primary N) is 1. The Kier molecular flexibility index (Phi) is 3.22. The maximum atomic E-state index is 11.1. The lowest BCUT2D eigenvalue weighted by Crippen LogP contribution is -2.19. The molecule has 0 aliphatic carbocycles. The van der Waals surface area contributed by atoms with Gasteiger partial charge in [-0.3, -0.25) is 0 Å². The van der Waals surface area contributed by atoms with Crippen LogP contribution in [0.5, 0.6) is 0 Å². The van der Waals surface area contributed by atoms with E-state index in [4.69, 9.17) is 5.14 Å². The fourth-order valence-electron chi connectivity index (χ4n) is 1.26. The van der Waals surface area contributed by atoms with Crippen molar-refractivity contribution in [2.24, 2.45) is 5.14 Å². The number of sulfonamides is 1. The van der Waals surface area contributed by atoms with Gasteiger partial charge in [-0.05, 0) is 13.3 Å². The van der Waals surface area contributed by atoms with Crippen molar-refractivity contribution in [1.82, 2.24) is 14.8 Å². The predicted octanol–water partition coefficient (Wildman–Crippen LogP) is -0.102. The summed E-state index contributed by atoms with van der Waals surface area (Å²) in [5.41, 5.74) is 0. The maximum absolute atomic E-state index is 11.1. The maximum Gasteiger partial charge on any atom is 0.273 e. The average molecular weight is 218 g/mol. The van der Waals surface area contributed by atoms with Crippen molar-refractivity contribution >= 4 is 10.0 Å². The summed E-state index contributed by atoms with van der Waals surface area (Å²) in [6.45, 7) is 4.33. The fourth-order valence-corrected chi connectivity index (χ4v) is 1.95. The number of aryl methyl sites for hydroxylation is 1. The minimum Gasteiger partial charge on any atom is -0.301 e. The molecule has 0 aliphatic heterocycles. The molecule has 0 spiro atoms. The van der Waals surface area contributed by atoms with Crippen molar-refractivity contribution in [2.75, 3.05) is 0 Å². The molecule has 6 nitrogen and oxygen atoms in total. The number of hydrogen-bond acceptors (Lipinski definition) is 4. The molecule has 1 heterocycles. The van der Waals surface area contributed by atoms with E-state index in [1.165, 1.54) is 4.57 Å². The van der Waals surface area contributed by atoms with Gasteiger partial charge < -0.3 is 4.57 Å². The summed E-state index contributed by atoms with van der Waals surface area (Å²) in [6.07, 6.45) is 1.60. The van der Waals surface area contributed by atoms with E-state index in [1.807, 2.05) is 13.8 Å². The first-order valence-corrected chi connectivity index (χ1v) is 6.00. The van der Waals surface area contributed by atoms with Gasteiger partial charge in [-0.1, -0.05) is 6.92 Å². The summed E-state index contributed by atoms with van der Waals surface area (Å²) in [5.74, 6) is 0.666. The molecule has 0 bridgehead atoms. The quantitative estimate of drug-likeness (QED) is 0.763. The van der Waals surface area contributed by atoms with Crippen molar-refractivity contribution in [3.05, 3.63) is 5.82 Å². The molecule has 0 radical (unpaired) electrons. The first-order valence-electron chi connectivity index (χ1n) is 4.45. The summed E-state index contributed by atoms with van der Waals surface area (Å²) in [6, 6.07) is 0. The second-order valence-electron chi connectivity index (χ2n) is 2.94. The predicted molar refractivity (Wildman–Crippen MR) is 51.1 cm³/mol. The highest BCUT2D eigenvalue weighted by molar-refractivity contribution is 7.89. The van der Waals surface area contributed by atoms with Crippen molar-refractivity contribution in [3.63, 3.8) is 0 Å². The van der Waals surface area contributed by atoms with Crippen LogP contribution in [0.3, 0.4) is 0 Å². The monoisotopic (exact) mass is 218 g/mol. The van der Waals surface area contributed by atoms with Crippen LogP contribution in [-0.4, -0.2) is 23.2 Å². The first-order chi connectivity index (χ1) is 6.50. The number of rotatable bonds is 4. The normalized spacial score (nSPS) is 11.9. The molecule has 2 N–H and O–H groups in total. The molecular formula is C7H14N4O2S. The Bertz CT molecular complexity index is 409. The third-order valence-corrected chi connectivity index (χ3v) is 2.65. The number of hydrogen-bond donors (Lipinski definition) is 1. The van der Waals surface area contributed by atoms with E-state index in [0.29, 0.717) is 18.8 Å². The van der Waals surface area contributed by atoms with E-state index in [9.17, 15) is 8.42 Å². The lowest BCUT2D eigenvalue weighted by molar-refractivity contribution is 0.562. The van der Waals surface area contributed by atoms with E-state index < -0.39 is 10.0 Å². The van der Waals surface area contributed by atoms with Crippen molar-refractivity contribution in [2.45, 2.75) is 38.4 Å². The van der Waals surface area contributed by atoms with E-state index in [0.717, 1.165) is 6.42 Å². The van der Waals surface area contributed by atoms with E-state index >= 15 is 0 Å². The van der Waals surface area contributed by atoms with Crippen LogP contribution in [-0.2, 0) is 23.0 Å². The van der Waals surface area contributed by atoms with Crippen molar-refractivity contribution in [3.8, 4) is 0 Å². The third-order valence-electron chi connectivity index (χ3n) is 1.84. The highest BCUT2D eigenvalue weighted by Crippen LogP contribution is 2.08. The Hall–Kier alpha value is -0.950. The van der Waals surface area contributed by atoms with Gasteiger partial charge in [0.1, 0.15) is 5.82 Å². The number of nitrogens with zero attached hydrogens (tertiary/aromatic N) is 3. The highest BCUT2D eigenvalue weighted by atomic mass is 32.2. The van der Waals surface area contributed by atoms with Crippen LogP contribution in [0.25, 0.3) is 0 Å². The van der Waals surface area contributed by atoms with Gasteiger partial charge in [-0.2, -0.15) is 0 Å². The molecule has 0 atom stereocenters. The van der Waals surface area contributed by atoms with Gasteiger partial charge in [0.15, 0.2) is 0 Å². The molecule has 7 heteroatoms. The molecule has 1 rings (SSSR count). The van der Waals surface area contributed by atoms with Gasteiger partial charge in [0.2, 0.25) is 0 Å². The number of primary sulfonamides is 1. The van der Waals surface area contributed by atoms with Crippen LogP contribution in [0.15, 0.2) is 5.16 Å². The van der Waals surface area contributed by atoms with Crippen molar-refractivity contribution < 1.29 is 8.42 Å². The summed E-state index contributed by atoms with van der Waals surface area (Å²) in [4.78, 5) is 0. The molecule has 0 unspecified atom stereocenters. The van der Waals surface area contributed by atoms with Gasteiger partial charge in [-0.15, -0.1) is 10.2 Å². The van der Waals surface area contributed by atoms with Crippen LogP contribution in [0.2, 0.25) is 0 Å².